The van der Waals surface area contributed by atoms with Gasteiger partial charge in [0, 0.05) is 29.3 Å². The minimum Gasteiger partial charge on any atom is -0.372 e. The number of anilines is 3. The zero-order chi connectivity index (χ0) is 16.6. The molecule has 4 nitrogen and oxygen atoms in total. The highest BCUT2D eigenvalue weighted by molar-refractivity contribution is 7.19. The summed E-state index contributed by atoms with van der Waals surface area (Å²) in [6.07, 6.45) is 9.23. The van der Waals surface area contributed by atoms with Crippen molar-refractivity contribution in [3.05, 3.63) is 41.0 Å². The Morgan fingerprint density at radius 2 is 1.72 bits per heavy atom. The third kappa shape index (κ3) is 2.76. The van der Waals surface area contributed by atoms with Crippen molar-refractivity contribution in [1.82, 2.24) is 9.97 Å². The van der Waals surface area contributed by atoms with E-state index < -0.39 is 0 Å². The first-order valence-electron chi connectivity index (χ1n) is 9.26. The lowest BCUT2D eigenvalue weighted by molar-refractivity contribution is 0.700. The van der Waals surface area contributed by atoms with Crippen molar-refractivity contribution in [2.75, 3.05) is 23.3 Å². The topological polar surface area (TPSA) is 41.1 Å². The van der Waals surface area contributed by atoms with Gasteiger partial charge in [-0.2, -0.15) is 0 Å². The van der Waals surface area contributed by atoms with Gasteiger partial charge < -0.3 is 10.2 Å². The van der Waals surface area contributed by atoms with Gasteiger partial charge in [-0.05, 0) is 68.4 Å². The van der Waals surface area contributed by atoms with Gasteiger partial charge in [0.2, 0.25) is 0 Å². The third-order valence-corrected chi connectivity index (χ3v) is 6.55. The number of hydrogen-bond donors (Lipinski definition) is 1. The van der Waals surface area contributed by atoms with Gasteiger partial charge in [0.15, 0.2) is 0 Å². The summed E-state index contributed by atoms with van der Waals surface area (Å²) >= 11 is 1.85. The van der Waals surface area contributed by atoms with Gasteiger partial charge in [0.05, 0.1) is 5.39 Å². The van der Waals surface area contributed by atoms with E-state index in [0.29, 0.717) is 0 Å². The van der Waals surface area contributed by atoms with Gasteiger partial charge >= 0.3 is 0 Å². The average Bonchev–Trinajstić information content (AvgIpc) is 3.30. The number of aromatic nitrogens is 2. The monoisotopic (exact) mass is 350 g/mol. The van der Waals surface area contributed by atoms with Crippen LogP contribution in [-0.2, 0) is 12.8 Å². The molecule has 1 N–H and O–H groups in total. The second-order valence-electron chi connectivity index (χ2n) is 6.98. The van der Waals surface area contributed by atoms with E-state index in [1.165, 1.54) is 66.7 Å². The fourth-order valence-electron chi connectivity index (χ4n) is 4.05. The Bertz CT molecular complexity index is 894. The zero-order valence-electron chi connectivity index (χ0n) is 14.3. The zero-order valence-corrected chi connectivity index (χ0v) is 15.1. The van der Waals surface area contributed by atoms with E-state index in [1.54, 1.807) is 6.33 Å². The van der Waals surface area contributed by atoms with Crippen molar-refractivity contribution in [1.29, 1.82) is 0 Å². The molecule has 5 rings (SSSR count). The maximum atomic E-state index is 4.56. The predicted molar refractivity (Wildman–Crippen MR) is 105 cm³/mol. The van der Waals surface area contributed by atoms with Crippen LogP contribution in [0.5, 0.6) is 0 Å². The molecule has 0 unspecified atom stereocenters. The van der Waals surface area contributed by atoms with Gasteiger partial charge in [-0.15, -0.1) is 11.3 Å². The van der Waals surface area contributed by atoms with Gasteiger partial charge in [-0.3, -0.25) is 0 Å². The van der Waals surface area contributed by atoms with E-state index in [4.69, 9.17) is 0 Å². The molecule has 1 aromatic carbocycles. The molecule has 3 heterocycles. The molecule has 0 radical (unpaired) electrons. The van der Waals surface area contributed by atoms with Gasteiger partial charge in [-0.1, -0.05) is 0 Å². The number of benzene rings is 1. The molecule has 0 atom stereocenters. The van der Waals surface area contributed by atoms with Crippen molar-refractivity contribution in [3.63, 3.8) is 0 Å². The highest BCUT2D eigenvalue weighted by atomic mass is 32.1. The lowest BCUT2D eigenvalue weighted by Gasteiger charge is -2.18. The van der Waals surface area contributed by atoms with Crippen LogP contribution in [0.3, 0.4) is 0 Å². The summed E-state index contributed by atoms with van der Waals surface area (Å²) in [4.78, 5) is 14.2. The molecule has 1 aliphatic heterocycles. The number of nitrogens with zero attached hydrogens (tertiary/aromatic N) is 3. The Kier molecular flexibility index (Phi) is 3.82. The van der Waals surface area contributed by atoms with Crippen LogP contribution in [0.2, 0.25) is 0 Å². The van der Waals surface area contributed by atoms with Gasteiger partial charge in [0.1, 0.15) is 17.0 Å². The average molecular weight is 350 g/mol. The fraction of sp³-hybridized carbons (Fsp3) is 0.400. The summed E-state index contributed by atoms with van der Waals surface area (Å²) in [6.45, 7) is 2.36. The first-order valence-corrected chi connectivity index (χ1v) is 10.1. The Labute approximate surface area is 151 Å². The second kappa shape index (κ2) is 6.30. The third-order valence-electron chi connectivity index (χ3n) is 5.35. The van der Waals surface area contributed by atoms with Crippen LogP contribution in [0.4, 0.5) is 17.2 Å². The molecule has 1 aliphatic carbocycles. The number of thiophene rings is 1. The molecule has 128 valence electrons. The molecule has 1 fully saturated rings. The summed E-state index contributed by atoms with van der Waals surface area (Å²) in [7, 11) is 0. The lowest BCUT2D eigenvalue weighted by atomic mass is 9.97. The van der Waals surface area contributed by atoms with E-state index in [0.717, 1.165) is 22.8 Å². The van der Waals surface area contributed by atoms with E-state index in [2.05, 4.69) is 44.5 Å². The normalized spacial score (nSPS) is 17.0. The van der Waals surface area contributed by atoms with Crippen molar-refractivity contribution in [3.8, 4) is 0 Å². The van der Waals surface area contributed by atoms with E-state index >= 15 is 0 Å². The molecule has 2 aliphatic rings. The number of aryl methyl sites for hydroxylation is 2. The molecule has 0 bridgehead atoms. The van der Waals surface area contributed by atoms with Crippen LogP contribution in [0.1, 0.15) is 36.1 Å². The number of nitrogens with one attached hydrogen (secondary N) is 1. The van der Waals surface area contributed by atoms with Crippen molar-refractivity contribution < 1.29 is 0 Å². The van der Waals surface area contributed by atoms with E-state index in [1.807, 2.05) is 11.3 Å². The molecule has 25 heavy (non-hydrogen) atoms. The van der Waals surface area contributed by atoms with Crippen molar-refractivity contribution in [2.24, 2.45) is 0 Å². The minimum absolute atomic E-state index is 0.957. The quantitative estimate of drug-likeness (QED) is 0.728. The molecular formula is C20H22N4S. The maximum Gasteiger partial charge on any atom is 0.142 e. The van der Waals surface area contributed by atoms with Crippen LogP contribution < -0.4 is 10.2 Å². The van der Waals surface area contributed by atoms with Crippen LogP contribution in [0, 0.1) is 0 Å². The standard InChI is InChI=1S/C20H22N4S/c1-2-6-17-16(5-1)18-19(21-13-22-20(18)25-17)23-14-7-9-15(10-8-14)24-11-3-4-12-24/h7-10,13H,1-6,11-12H2,(H,21,22,23). The second-order valence-corrected chi connectivity index (χ2v) is 8.06. The lowest BCUT2D eigenvalue weighted by Crippen LogP contribution is -2.17. The Morgan fingerprint density at radius 1 is 0.920 bits per heavy atom. The SMILES string of the molecule is c1nc(Nc2ccc(N3CCCC3)cc2)c2c3c(sc2n1)CCCC3. The van der Waals surface area contributed by atoms with Crippen LogP contribution in [0.25, 0.3) is 10.2 Å². The first-order chi connectivity index (χ1) is 12.4. The van der Waals surface area contributed by atoms with Crippen LogP contribution in [0.15, 0.2) is 30.6 Å². The number of fused-ring (bicyclic) bond motifs is 3. The molecule has 0 spiro atoms. The van der Waals surface area contributed by atoms with E-state index in [-0.39, 0.29) is 0 Å². The highest BCUT2D eigenvalue weighted by Crippen LogP contribution is 2.39. The largest absolute Gasteiger partial charge is 0.372 e. The smallest absolute Gasteiger partial charge is 0.142 e. The molecule has 2 aromatic heterocycles. The Morgan fingerprint density at radius 3 is 2.56 bits per heavy atom. The van der Waals surface area contributed by atoms with Crippen LogP contribution >= 0.6 is 11.3 Å². The Balaban J connectivity index is 1.46. The molecule has 0 saturated carbocycles. The summed E-state index contributed by atoms with van der Waals surface area (Å²) < 4.78 is 0. The van der Waals surface area contributed by atoms with Crippen molar-refractivity contribution in [2.45, 2.75) is 38.5 Å². The van der Waals surface area contributed by atoms with E-state index in [9.17, 15) is 0 Å². The summed E-state index contributed by atoms with van der Waals surface area (Å²) in [6, 6.07) is 8.77. The minimum atomic E-state index is 0.957. The predicted octanol–water partition coefficient (Wildman–Crippen LogP) is 4.91. The number of hydrogen-bond acceptors (Lipinski definition) is 5. The summed E-state index contributed by atoms with van der Waals surface area (Å²) in [5, 5.41) is 4.78. The fourth-order valence-corrected chi connectivity index (χ4v) is 5.28. The Hall–Kier alpha value is -2.14. The number of rotatable bonds is 3. The first kappa shape index (κ1) is 15.1. The van der Waals surface area contributed by atoms with Gasteiger partial charge in [-0.25, -0.2) is 9.97 Å². The molecule has 0 amide bonds. The molecule has 1 saturated heterocycles. The van der Waals surface area contributed by atoms with Gasteiger partial charge in [0.25, 0.3) is 0 Å². The maximum absolute atomic E-state index is 4.56. The summed E-state index contributed by atoms with van der Waals surface area (Å²) in [5.74, 6) is 0.957. The van der Waals surface area contributed by atoms with Crippen LogP contribution in [-0.4, -0.2) is 23.1 Å². The molecule has 5 heteroatoms. The molecule has 3 aromatic rings. The molecular weight excluding hydrogens is 328 g/mol. The van der Waals surface area contributed by atoms with Crippen molar-refractivity contribution >= 4 is 38.7 Å². The highest BCUT2D eigenvalue weighted by Gasteiger charge is 2.20. The summed E-state index contributed by atoms with van der Waals surface area (Å²) in [5.41, 5.74) is 3.89.